The van der Waals surface area contributed by atoms with Crippen LogP contribution in [-0.2, 0) is 20.7 Å². The average Bonchev–Trinajstić information content (AvgIpc) is 3.60. The van der Waals surface area contributed by atoms with Crippen LogP contribution in [0.5, 0.6) is 0 Å². The van der Waals surface area contributed by atoms with Gasteiger partial charge >= 0.3 is 0 Å². The van der Waals surface area contributed by atoms with E-state index in [1.54, 1.807) is 41.5 Å². The number of primary amides is 1. The van der Waals surface area contributed by atoms with Crippen molar-refractivity contribution in [3.63, 3.8) is 0 Å². The molecular weight excluding hydrogens is 494 g/mol. The molecule has 3 N–H and O–H groups in total. The maximum atomic E-state index is 13.6. The molecule has 0 radical (unpaired) electrons. The number of hydrogen-bond acceptors (Lipinski definition) is 6. The van der Waals surface area contributed by atoms with Crippen molar-refractivity contribution in [2.24, 2.45) is 5.73 Å². The van der Waals surface area contributed by atoms with E-state index in [9.17, 15) is 9.59 Å². The maximum Gasteiger partial charge on any atom is 0.280 e. The van der Waals surface area contributed by atoms with Gasteiger partial charge in [0.15, 0.2) is 5.82 Å². The van der Waals surface area contributed by atoms with Gasteiger partial charge in [-0.1, -0.05) is 60.1 Å². The molecule has 37 heavy (non-hydrogen) atoms. The first-order chi connectivity index (χ1) is 18.0. The molecule has 1 fully saturated rings. The van der Waals surface area contributed by atoms with Gasteiger partial charge in [-0.05, 0) is 30.2 Å². The highest BCUT2D eigenvalue weighted by Crippen LogP contribution is 2.28. The summed E-state index contributed by atoms with van der Waals surface area (Å²) in [5.74, 6) is -2.72. The lowest BCUT2D eigenvalue weighted by Gasteiger charge is -2.33. The van der Waals surface area contributed by atoms with Crippen molar-refractivity contribution >= 4 is 23.4 Å². The minimum atomic E-state index is -1.79. The van der Waals surface area contributed by atoms with E-state index in [-0.39, 0.29) is 25.2 Å². The molecule has 1 atom stereocenters. The Morgan fingerprint density at radius 1 is 1.03 bits per heavy atom. The first-order valence-corrected chi connectivity index (χ1v) is 12.0. The van der Waals surface area contributed by atoms with E-state index >= 15 is 0 Å². The number of rotatable bonds is 8. The second-order valence-corrected chi connectivity index (χ2v) is 8.87. The highest BCUT2D eigenvalue weighted by atomic mass is 35.5. The van der Waals surface area contributed by atoms with Gasteiger partial charge in [0.25, 0.3) is 17.6 Å². The SMILES string of the molecule is NC(=O)C1(C(Cc2ccccc2)NC(=O)c2cccnc2-n2cnc(-c3ccccc3Cl)c2)OCCO1. The summed E-state index contributed by atoms with van der Waals surface area (Å²) >= 11 is 6.33. The summed E-state index contributed by atoms with van der Waals surface area (Å²) in [6.45, 7) is 0.365. The number of hydrogen-bond donors (Lipinski definition) is 2. The Labute approximate surface area is 218 Å². The predicted molar refractivity (Wildman–Crippen MR) is 137 cm³/mol. The molecule has 0 aliphatic carbocycles. The molecule has 5 rings (SSSR count). The molecule has 4 aromatic rings. The zero-order valence-corrected chi connectivity index (χ0v) is 20.5. The predicted octanol–water partition coefficient (Wildman–Crippen LogP) is 3.16. The van der Waals surface area contributed by atoms with E-state index in [1.165, 1.54) is 0 Å². The van der Waals surface area contributed by atoms with Crippen molar-refractivity contribution in [3.8, 4) is 17.1 Å². The normalized spacial score (nSPS) is 15.3. The largest absolute Gasteiger partial charge is 0.365 e. The number of pyridine rings is 1. The molecule has 2 aromatic heterocycles. The van der Waals surface area contributed by atoms with E-state index < -0.39 is 23.6 Å². The number of nitrogens with two attached hydrogens (primary N) is 1. The Morgan fingerprint density at radius 3 is 2.49 bits per heavy atom. The van der Waals surface area contributed by atoms with Crippen LogP contribution in [-0.4, -0.2) is 51.4 Å². The van der Waals surface area contributed by atoms with Gasteiger partial charge in [-0.2, -0.15) is 0 Å². The molecule has 10 heteroatoms. The Kier molecular flexibility index (Phi) is 7.00. The summed E-state index contributed by atoms with van der Waals surface area (Å²) in [5, 5.41) is 3.48. The van der Waals surface area contributed by atoms with Crippen LogP contribution in [0.1, 0.15) is 15.9 Å². The number of benzene rings is 2. The molecular formula is C27H24ClN5O4. The molecule has 9 nitrogen and oxygen atoms in total. The summed E-state index contributed by atoms with van der Waals surface area (Å²) in [5.41, 5.74) is 8.24. The summed E-state index contributed by atoms with van der Waals surface area (Å²) in [7, 11) is 0. The van der Waals surface area contributed by atoms with Gasteiger partial charge in [0.2, 0.25) is 0 Å². The fourth-order valence-electron chi connectivity index (χ4n) is 4.34. The zero-order chi connectivity index (χ0) is 25.8. The number of carbonyl (C=O) groups excluding carboxylic acids is 2. The summed E-state index contributed by atoms with van der Waals surface area (Å²) < 4.78 is 13.0. The van der Waals surface area contributed by atoms with Gasteiger partial charge < -0.3 is 20.5 Å². The third kappa shape index (κ3) is 4.97. The van der Waals surface area contributed by atoms with E-state index in [2.05, 4.69) is 15.3 Å². The highest BCUT2D eigenvalue weighted by molar-refractivity contribution is 6.33. The van der Waals surface area contributed by atoms with Crippen LogP contribution in [0, 0.1) is 0 Å². The van der Waals surface area contributed by atoms with Gasteiger partial charge in [-0.15, -0.1) is 0 Å². The van der Waals surface area contributed by atoms with Gasteiger partial charge in [-0.3, -0.25) is 14.2 Å². The van der Waals surface area contributed by atoms with Gasteiger partial charge in [-0.25, -0.2) is 9.97 Å². The molecule has 2 aromatic carbocycles. The van der Waals surface area contributed by atoms with E-state index in [4.69, 9.17) is 26.8 Å². The fourth-order valence-corrected chi connectivity index (χ4v) is 4.57. The zero-order valence-electron chi connectivity index (χ0n) is 19.7. The smallest absolute Gasteiger partial charge is 0.280 e. The van der Waals surface area contributed by atoms with Crippen molar-refractivity contribution in [2.75, 3.05) is 13.2 Å². The lowest BCUT2D eigenvalue weighted by molar-refractivity contribution is -0.189. The minimum Gasteiger partial charge on any atom is -0.365 e. The Morgan fingerprint density at radius 2 is 1.76 bits per heavy atom. The third-order valence-corrected chi connectivity index (χ3v) is 6.44. The van der Waals surface area contributed by atoms with Crippen LogP contribution in [0.3, 0.4) is 0 Å². The number of carbonyl (C=O) groups is 2. The average molecular weight is 518 g/mol. The number of aromatic nitrogens is 3. The molecule has 0 bridgehead atoms. The van der Waals surface area contributed by atoms with Crippen LogP contribution < -0.4 is 11.1 Å². The van der Waals surface area contributed by atoms with Crippen LogP contribution in [0.15, 0.2) is 85.5 Å². The molecule has 0 spiro atoms. The van der Waals surface area contributed by atoms with Gasteiger partial charge in [0.05, 0.1) is 35.5 Å². The molecule has 1 aliphatic heterocycles. The lowest BCUT2D eigenvalue weighted by atomic mass is 9.97. The topological polar surface area (TPSA) is 121 Å². The Hall–Kier alpha value is -4.05. The minimum absolute atomic E-state index is 0.183. The Bertz CT molecular complexity index is 1420. The van der Waals surface area contributed by atoms with E-state index in [0.29, 0.717) is 16.5 Å². The monoisotopic (exact) mass is 517 g/mol. The molecule has 1 saturated heterocycles. The molecule has 1 aliphatic rings. The summed E-state index contributed by atoms with van der Waals surface area (Å²) in [6, 6.07) is 19.2. The van der Waals surface area contributed by atoms with Crippen LogP contribution >= 0.6 is 11.6 Å². The number of halogens is 1. The first-order valence-electron chi connectivity index (χ1n) is 11.6. The summed E-state index contributed by atoms with van der Waals surface area (Å²) in [4.78, 5) is 35.0. The number of nitrogens with zero attached hydrogens (tertiary/aromatic N) is 3. The van der Waals surface area contributed by atoms with Crippen molar-refractivity contribution in [1.29, 1.82) is 0 Å². The van der Waals surface area contributed by atoms with E-state index in [0.717, 1.165) is 11.1 Å². The second-order valence-electron chi connectivity index (χ2n) is 8.47. The molecule has 3 heterocycles. The van der Waals surface area contributed by atoms with Crippen molar-refractivity contribution in [3.05, 3.63) is 102 Å². The van der Waals surface area contributed by atoms with Crippen LogP contribution in [0.4, 0.5) is 0 Å². The standard InChI is InChI=1S/C27H24ClN5O4/c28-21-11-5-4-9-19(21)22-16-33(17-31-22)24-20(10-6-12-30-24)25(34)32-23(15-18-7-2-1-3-8-18)27(26(29)35)36-13-14-37-27/h1-12,16-17,23H,13-15H2,(H2,29,35)(H,32,34). The third-order valence-electron chi connectivity index (χ3n) is 6.11. The van der Waals surface area contributed by atoms with Crippen LogP contribution in [0.25, 0.3) is 17.1 Å². The molecule has 1 unspecified atom stereocenters. The van der Waals surface area contributed by atoms with Gasteiger partial charge in [0.1, 0.15) is 6.33 Å². The maximum absolute atomic E-state index is 13.6. The second kappa shape index (κ2) is 10.5. The molecule has 0 saturated carbocycles. The summed E-state index contributed by atoms with van der Waals surface area (Å²) in [6.07, 6.45) is 5.15. The number of imidazole rings is 1. The fraction of sp³-hybridized carbons (Fsp3) is 0.185. The number of nitrogens with one attached hydrogen (secondary N) is 1. The highest BCUT2D eigenvalue weighted by Gasteiger charge is 2.51. The molecule has 2 amide bonds. The number of amides is 2. The lowest BCUT2D eigenvalue weighted by Crippen LogP contribution is -2.61. The van der Waals surface area contributed by atoms with Crippen LogP contribution in [0.2, 0.25) is 5.02 Å². The van der Waals surface area contributed by atoms with Crippen molar-refractivity contribution in [1.82, 2.24) is 19.9 Å². The first kappa shape index (κ1) is 24.6. The quantitative estimate of drug-likeness (QED) is 0.370. The van der Waals surface area contributed by atoms with Crippen molar-refractivity contribution < 1.29 is 19.1 Å². The van der Waals surface area contributed by atoms with Gasteiger partial charge in [0, 0.05) is 18.0 Å². The van der Waals surface area contributed by atoms with E-state index in [1.807, 2.05) is 48.5 Å². The van der Waals surface area contributed by atoms with Crippen molar-refractivity contribution in [2.45, 2.75) is 18.2 Å². The Balaban J connectivity index is 1.47. The number of ether oxygens (including phenoxy) is 2. The molecule has 188 valence electrons.